The average molecular weight is 352 g/mol. The van der Waals surface area contributed by atoms with E-state index in [1.54, 1.807) is 0 Å². The summed E-state index contributed by atoms with van der Waals surface area (Å²) in [5.41, 5.74) is 1.91. The van der Waals surface area contributed by atoms with E-state index >= 15 is 0 Å². The third kappa shape index (κ3) is 4.80. The van der Waals surface area contributed by atoms with Crippen LogP contribution in [0.4, 0.5) is 0 Å². The highest BCUT2D eigenvalue weighted by atomic mass is 16.3. The number of benzene rings is 1. The van der Waals surface area contributed by atoms with Gasteiger partial charge in [0, 0.05) is 25.7 Å². The van der Waals surface area contributed by atoms with E-state index in [1.165, 1.54) is 0 Å². The van der Waals surface area contributed by atoms with E-state index < -0.39 is 6.10 Å². The van der Waals surface area contributed by atoms with Crippen LogP contribution in [-0.4, -0.2) is 44.9 Å². The molecule has 3 rings (SSSR count). The predicted octanol–water partition coefficient (Wildman–Crippen LogP) is 1.39. The lowest BCUT2D eigenvalue weighted by Gasteiger charge is -2.15. The van der Waals surface area contributed by atoms with Gasteiger partial charge in [0.15, 0.2) is 17.4 Å². The molecule has 2 aromatic heterocycles. The smallest absolute Gasteiger partial charge is 0.191 e. The summed E-state index contributed by atoms with van der Waals surface area (Å²) in [4.78, 5) is 4.55. The number of rotatable bonds is 7. The summed E-state index contributed by atoms with van der Waals surface area (Å²) in [7, 11) is 0. The van der Waals surface area contributed by atoms with Gasteiger partial charge in [0.2, 0.25) is 0 Å². The second-order valence-electron chi connectivity index (χ2n) is 5.96. The van der Waals surface area contributed by atoms with E-state index in [9.17, 15) is 5.11 Å². The Bertz CT molecular complexity index is 845. The molecule has 0 saturated carbocycles. The van der Waals surface area contributed by atoms with Gasteiger partial charge in [-0.3, -0.25) is 4.40 Å². The number of aliphatic hydroxyl groups excluding tert-OH is 1. The van der Waals surface area contributed by atoms with Crippen molar-refractivity contribution in [2.24, 2.45) is 4.99 Å². The SMILES string of the molecule is CCNC(=NCc1nnc2ccccn12)NCC(O)Cc1ccccc1. The van der Waals surface area contributed by atoms with Crippen LogP contribution in [0.3, 0.4) is 0 Å². The topological polar surface area (TPSA) is 86.8 Å². The Morgan fingerprint density at radius 2 is 1.92 bits per heavy atom. The van der Waals surface area contributed by atoms with Crippen molar-refractivity contribution in [3.05, 3.63) is 66.1 Å². The van der Waals surface area contributed by atoms with E-state index in [-0.39, 0.29) is 0 Å². The Morgan fingerprint density at radius 3 is 2.73 bits per heavy atom. The number of hydrogen-bond acceptors (Lipinski definition) is 4. The summed E-state index contributed by atoms with van der Waals surface area (Å²) < 4.78 is 1.91. The average Bonchev–Trinajstić information content (AvgIpc) is 3.08. The summed E-state index contributed by atoms with van der Waals surface area (Å²) in [6, 6.07) is 15.7. The molecule has 0 amide bonds. The minimum atomic E-state index is -0.491. The van der Waals surface area contributed by atoms with Gasteiger partial charge in [-0.15, -0.1) is 10.2 Å². The van der Waals surface area contributed by atoms with E-state index in [0.29, 0.717) is 25.5 Å². The van der Waals surface area contributed by atoms with Crippen LogP contribution in [0.1, 0.15) is 18.3 Å². The van der Waals surface area contributed by atoms with E-state index in [0.717, 1.165) is 23.6 Å². The minimum Gasteiger partial charge on any atom is -0.391 e. The number of aliphatic hydroxyl groups is 1. The molecule has 2 heterocycles. The molecule has 3 N–H and O–H groups in total. The molecular formula is C19H24N6O. The Hall–Kier alpha value is -2.93. The van der Waals surface area contributed by atoms with E-state index in [4.69, 9.17) is 0 Å². The molecule has 136 valence electrons. The van der Waals surface area contributed by atoms with Crippen molar-refractivity contribution in [2.75, 3.05) is 13.1 Å². The molecule has 0 fully saturated rings. The first kappa shape index (κ1) is 17.9. The van der Waals surface area contributed by atoms with Crippen LogP contribution in [0.2, 0.25) is 0 Å². The van der Waals surface area contributed by atoms with Gasteiger partial charge < -0.3 is 15.7 Å². The van der Waals surface area contributed by atoms with Crippen molar-refractivity contribution in [3.63, 3.8) is 0 Å². The molecular weight excluding hydrogens is 328 g/mol. The molecule has 1 aromatic carbocycles. The Morgan fingerprint density at radius 1 is 1.12 bits per heavy atom. The standard InChI is InChI=1S/C19H24N6O/c1-2-20-19(21-13-16(26)12-15-8-4-3-5-9-15)22-14-18-24-23-17-10-6-7-11-25(17)18/h3-11,16,26H,2,12-14H2,1H3,(H2,20,21,22). The monoisotopic (exact) mass is 352 g/mol. The maximum Gasteiger partial charge on any atom is 0.191 e. The zero-order valence-electron chi connectivity index (χ0n) is 14.8. The van der Waals surface area contributed by atoms with Crippen LogP contribution >= 0.6 is 0 Å². The molecule has 0 aliphatic carbocycles. The number of aliphatic imine (C=N–C) groups is 1. The number of nitrogens with one attached hydrogen (secondary N) is 2. The van der Waals surface area contributed by atoms with Gasteiger partial charge in [-0.2, -0.15) is 0 Å². The number of fused-ring (bicyclic) bond motifs is 1. The van der Waals surface area contributed by atoms with Crippen LogP contribution in [0.15, 0.2) is 59.7 Å². The van der Waals surface area contributed by atoms with Crippen LogP contribution in [-0.2, 0) is 13.0 Å². The highest BCUT2D eigenvalue weighted by molar-refractivity contribution is 5.79. The molecule has 0 bridgehead atoms. The lowest BCUT2D eigenvalue weighted by Crippen LogP contribution is -2.41. The van der Waals surface area contributed by atoms with Crippen LogP contribution in [0.25, 0.3) is 5.65 Å². The van der Waals surface area contributed by atoms with Gasteiger partial charge in [-0.05, 0) is 24.6 Å². The van der Waals surface area contributed by atoms with Gasteiger partial charge in [-0.1, -0.05) is 36.4 Å². The molecule has 1 unspecified atom stereocenters. The van der Waals surface area contributed by atoms with Crippen molar-refractivity contribution in [1.82, 2.24) is 25.2 Å². The second-order valence-corrected chi connectivity index (χ2v) is 5.96. The third-order valence-corrected chi connectivity index (χ3v) is 3.93. The predicted molar refractivity (Wildman–Crippen MR) is 102 cm³/mol. The van der Waals surface area contributed by atoms with Gasteiger partial charge >= 0.3 is 0 Å². The largest absolute Gasteiger partial charge is 0.391 e. The summed E-state index contributed by atoms with van der Waals surface area (Å²) in [6.07, 6.45) is 2.03. The number of hydrogen-bond donors (Lipinski definition) is 3. The maximum absolute atomic E-state index is 10.2. The fraction of sp³-hybridized carbons (Fsp3) is 0.316. The molecule has 7 heteroatoms. The van der Waals surface area contributed by atoms with Crippen molar-refractivity contribution in [3.8, 4) is 0 Å². The van der Waals surface area contributed by atoms with Gasteiger partial charge in [0.25, 0.3) is 0 Å². The molecule has 7 nitrogen and oxygen atoms in total. The quantitative estimate of drug-likeness (QED) is 0.442. The summed E-state index contributed by atoms with van der Waals surface area (Å²) >= 11 is 0. The summed E-state index contributed by atoms with van der Waals surface area (Å²) in [6.45, 7) is 3.56. The number of aromatic nitrogens is 3. The normalized spacial score (nSPS) is 12.9. The third-order valence-electron chi connectivity index (χ3n) is 3.93. The van der Waals surface area contributed by atoms with Gasteiger partial charge in [0.05, 0.1) is 6.10 Å². The minimum absolute atomic E-state index is 0.398. The second kappa shape index (κ2) is 8.96. The Balaban J connectivity index is 1.58. The van der Waals surface area contributed by atoms with Gasteiger partial charge in [0.1, 0.15) is 6.54 Å². The van der Waals surface area contributed by atoms with Crippen LogP contribution in [0.5, 0.6) is 0 Å². The molecule has 0 aliphatic heterocycles. The van der Waals surface area contributed by atoms with Crippen molar-refractivity contribution < 1.29 is 5.11 Å². The molecule has 0 radical (unpaired) electrons. The van der Waals surface area contributed by atoms with Gasteiger partial charge in [-0.25, -0.2) is 4.99 Å². The summed E-state index contributed by atoms with van der Waals surface area (Å²) in [5.74, 6) is 1.41. The highest BCUT2D eigenvalue weighted by Crippen LogP contribution is 2.04. The zero-order valence-corrected chi connectivity index (χ0v) is 14.8. The molecule has 0 aliphatic rings. The molecule has 0 saturated heterocycles. The van der Waals surface area contributed by atoms with Crippen molar-refractivity contribution in [1.29, 1.82) is 0 Å². The van der Waals surface area contributed by atoms with E-state index in [2.05, 4.69) is 25.8 Å². The van der Waals surface area contributed by atoms with Crippen molar-refractivity contribution in [2.45, 2.75) is 26.0 Å². The molecule has 1 atom stereocenters. The number of pyridine rings is 1. The Kier molecular flexibility index (Phi) is 6.16. The number of nitrogens with zero attached hydrogens (tertiary/aromatic N) is 4. The number of guanidine groups is 1. The fourth-order valence-electron chi connectivity index (χ4n) is 2.66. The summed E-state index contributed by atoms with van der Waals surface area (Å²) in [5, 5.41) is 24.9. The lowest BCUT2D eigenvalue weighted by atomic mass is 10.1. The molecule has 0 spiro atoms. The maximum atomic E-state index is 10.2. The highest BCUT2D eigenvalue weighted by Gasteiger charge is 2.08. The fourth-order valence-corrected chi connectivity index (χ4v) is 2.66. The zero-order chi connectivity index (χ0) is 18.2. The Labute approximate surface area is 152 Å². The van der Waals surface area contributed by atoms with Crippen LogP contribution in [0, 0.1) is 0 Å². The molecule has 3 aromatic rings. The van der Waals surface area contributed by atoms with E-state index in [1.807, 2.05) is 66.1 Å². The first-order valence-corrected chi connectivity index (χ1v) is 8.79. The van der Waals surface area contributed by atoms with Crippen molar-refractivity contribution >= 4 is 11.6 Å². The lowest BCUT2D eigenvalue weighted by molar-refractivity contribution is 0.177. The molecule has 26 heavy (non-hydrogen) atoms. The first-order valence-electron chi connectivity index (χ1n) is 8.79. The van der Waals surface area contributed by atoms with Crippen LogP contribution < -0.4 is 10.6 Å². The first-order chi connectivity index (χ1) is 12.8.